The Kier molecular flexibility index (Phi) is 5.56. The Morgan fingerprint density at radius 2 is 1.63 bits per heavy atom. The van der Waals surface area contributed by atoms with Gasteiger partial charge in [-0.15, -0.1) is 0 Å². The van der Waals surface area contributed by atoms with Crippen LogP contribution in [0, 0.1) is 0 Å². The number of methoxy groups -OCH3 is 2. The van der Waals surface area contributed by atoms with E-state index in [1.807, 2.05) is 0 Å². The van der Waals surface area contributed by atoms with E-state index in [9.17, 15) is 9.59 Å². The van der Waals surface area contributed by atoms with Crippen LogP contribution in [0.4, 0.5) is 5.69 Å². The highest BCUT2D eigenvalue weighted by Gasteiger charge is 2.35. The number of hydrogen-bond acceptors (Lipinski definition) is 4. The lowest BCUT2D eigenvalue weighted by molar-refractivity contribution is -0.124. The number of rotatable bonds is 4. The summed E-state index contributed by atoms with van der Waals surface area (Å²) in [6, 6.07) is 11.4. The van der Waals surface area contributed by atoms with Crippen molar-refractivity contribution in [2.24, 2.45) is 0 Å². The first-order chi connectivity index (χ1) is 12.9. The van der Waals surface area contributed by atoms with Gasteiger partial charge in [0, 0.05) is 41.9 Å². The van der Waals surface area contributed by atoms with Gasteiger partial charge in [0.1, 0.15) is 17.5 Å². The van der Waals surface area contributed by atoms with E-state index in [2.05, 4.69) is 0 Å². The molecule has 6 nitrogen and oxygen atoms in total. The number of carbonyl (C=O) groups excluding carboxylic acids is 2. The van der Waals surface area contributed by atoms with E-state index in [4.69, 9.17) is 21.1 Å². The Morgan fingerprint density at radius 3 is 2.19 bits per heavy atom. The molecule has 0 bridgehead atoms. The van der Waals surface area contributed by atoms with Crippen LogP contribution >= 0.6 is 11.6 Å². The molecule has 1 fully saturated rings. The predicted octanol–water partition coefficient (Wildman–Crippen LogP) is 3.23. The maximum Gasteiger partial charge on any atom is 0.254 e. The Labute approximate surface area is 163 Å². The smallest absolute Gasteiger partial charge is 0.254 e. The van der Waals surface area contributed by atoms with Crippen molar-refractivity contribution in [3.8, 4) is 11.5 Å². The van der Waals surface area contributed by atoms with E-state index in [1.165, 1.54) is 0 Å². The van der Waals surface area contributed by atoms with Crippen molar-refractivity contribution in [1.29, 1.82) is 0 Å². The highest BCUT2D eigenvalue weighted by Crippen LogP contribution is 2.30. The Morgan fingerprint density at radius 1 is 1.04 bits per heavy atom. The van der Waals surface area contributed by atoms with Crippen LogP contribution in [-0.2, 0) is 4.79 Å². The fourth-order valence-corrected chi connectivity index (χ4v) is 3.24. The molecule has 2 amide bonds. The third kappa shape index (κ3) is 3.85. The highest BCUT2D eigenvalue weighted by molar-refractivity contribution is 6.30. The Bertz CT molecular complexity index is 831. The molecule has 2 aromatic carbocycles. The van der Waals surface area contributed by atoms with Crippen molar-refractivity contribution in [3.63, 3.8) is 0 Å². The van der Waals surface area contributed by atoms with E-state index in [-0.39, 0.29) is 11.8 Å². The minimum absolute atomic E-state index is 0.154. The van der Waals surface area contributed by atoms with Crippen molar-refractivity contribution >= 4 is 29.1 Å². The normalized spacial score (nSPS) is 17.0. The molecule has 2 aromatic rings. The van der Waals surface area contributed by atoms with Crippen molar-refractivity contribution in [2.75, 3.05) is 32.2 Å². The first kappa shape index (κ1) is 19.0. The number of amides is 2. The van der Waals surface area contributed by atoms with Crippen molar-refractivity contribution < 1.29 is 19.1 Å². The van der Waals surface area contributed by atoms with E-state index in [0.29, 0.717) is 40.9 Å². The summed E-state index contributed by atoms with van der Waals surface area (Å²) in [5.74, 6) is 0.864. The molecule has 1 aliphatic rings. The molecule has 0 unspecified atom stereocenters. The second kappa shape index (κ2) is 7.88. The molecule has 142 valence electrons. The molecule has 0 aliphatic carbocycles. The lowest BCUT2D eigenvalue weighted by Gasteiger charge is -2.39. The summed E-state index contributed by atoms with van der Waals surface area (Å²) in [6.45, 7) is 2.55. The van der Waals surface area contributed by atoms with Gasteiger partial charge in [0.2, 0.25) is 5.91 Å². The molecule has 1 aliphatic heterocycles. The number of halogens is 1. The number of piperazine rings is 1. The van der Waals surface area contributed by atoms with Crippen LogP contribution in [0.15, 0.2) is 42.5 Å². The summed E-state index contributed by atoms with van der Waals surface area (Å²) < 4.78 is 10.6. The van der Waals surface area contributed by atoms with Crippen molar-refractivity contribution in [2.45, 2.75) is 13.0 Å². The second-order valence-corrected chi connectivity index (χ2v) is 6.68. The van der Waals surface area contributed by atoms with Crippen molar-refractivity contribution in [1.82, 2.24) is 4.90 Å². The first-order valence-corrected chi connectivity index (χ1v) is 8.93. The molecule has 0 aromatic heterocycles. The molecular formula is C20H21ClN2O4. The van der Waals surface area contributed by atoms with Crippen molar-refractivity contribution in [3.05, 3.63) is 53.1 Å². The lowest BCUT2D eigenvalue weighted by atomic mass is 10.1. The SMILES string of the molecule is COc1cc(OC)cc(N2CCN(C(=O)c3ccc(Cl)cc3)[C@H](C)C2=O)c1. The van der Waals surface area contributed by atoms with Crippen LogP contribution in [0.25, 0.3) is 0 Å². The average molecular weight is 389 g/mol. The Balaban J connectivity index is 1.82. The number of carbonyl (C=O) groups is 2. The zero-order valence-corrected chi connectivity index (χ0v) is 16.2. The molecule has 27 heavy (non-hydrogen) atoms. The van der Waals surface area contributed by atoms with Gasteiger partial charge in [-0.05, 0) is 31.2 Å². The quantitative estimate of drug-likeness (QED) is 0.806. The number of anilines is 1. The zero-order valence-electron chi connectivity index (χ0n) is 15.4. The standard InChI is InChI=1S/C20H21ClN2O4/c1-13-19(24)23(16-10-17(26-2)12-18(11-16)27-3)9-8-22(13)20(25)14-4-6-15(21)7-5-14/h4-7,10-13H,8-9H2,1-3H3/t13-/m1/s1. The fourth-order valence-electron chi connectivity index (χ4n) is 3.11. The summed E-state index contributed by atoms with van der Waals surface area (Å²) in [6.07, 6.45) is 0. The van der Waals surface area contributed by atoms with Gasteiger partial charge in [-0.1, -0.05) is 11.6 Å². The molecule has 7 heteroatoms. The summed E-state index contributed by atoms with van der Waals surface area (Å²) in [7, 11) is 3.12. The van der Waals surface area contributed by atoms with Gasteiger partial charge < -0.3 is 19.3 Å². The van der Waals surface area contributed by atoms with Crippen LogP contribution in [-0.4, -0.2) is 50.1 Å². The molecule has 0 spiro atoms. The van der Waals surface area contributed by atoms with Crippen LogP contribution < -0.4 is 14.4 Å². The van der Waals surface area contributed by atoms with E-state index in [0.717, 1.165) is 0 Å². The third-order valence-electron chi connectivity index (χ3n) is 4.66. The van der Waals surface area contributed by atoms with Gasteiger partial charge in [0.15, 0.2) is 0 Å². The maximum atomic E-state index is 13.0. The molecule has 1 atom stereocenters. The molecule has 0 radical (unpaired) electrons. The summed E-state index contributed by atoms with van der Waals surface area (Å²) in [5.41, 5.74) is 1.19. The topological polar surface area (TPSA) is 59.1 Å². The monoisotopic (exact) mass is 388 g/mol. The summed E-state index contributed by atoms with van der Waals surface area (Å²) >= 11 is 5.88. The van der Waals surface area contributed by atoms with Gasteiger partial charge in [0.25, 0.3) is 5.91 Å². The van der Waals surface area contributed by atoms with E-state index in [1.54, 1.807) is 73.4 Å². The average Bonchev–Trinajstić information content (AvgIpc) is 2.69. The maximum absolute atomic E-state index is 13.0. The van der Waals surface area contributed by atoms with E-state index < -0.39 is 6.04 Å². The fraction of sp³-hybridized carbons (Fsp3) is 0.300. The van der Waals surface area contributed by atoms with Crippen LogP contribution in [0.1, 0.15) is 17.3 Å². The third-order valence-corrected chi connectivity index (χ3v) is 4.91. The molecular weight excluding hydrogens is 368 g/mol. The minimum atomic E-state index is -0.584. The lowest BCUT2D eigenvalue weighted by Crippen LogP contribution is -2.57. The van der Waals surface area contributed by atoms with Gasteiger partial charge in [-0.25, -0.2) is 0 Å². The van der Waals surface area contributed by atoms with Gasteiger partial charge in [-0.3, -0.25) is 9.59 Å². The number of nitrogens with zero attached hydrogens (tertiary/aromatic N) is 2. The van der Waals surface area contributed by atoms with Gasteiger partial charge >= 0.3 is 0 Å². The minimum Gasteiger partial charge on any atom is -0.497 e. The molecule has 1 saturated heterocycles. The molecule has 3 rings (SSSR count). The molecule has 1 heterocycles. The zero-order chi connectivity index (χ0) is 19.6. The second-order valence-electron chi connectivity index (χ2n) is 6.24. The van der Waals surface area contributed by atoms with E-state index >= 15 is 0 Å². The van der Waals surface area contributed by atoms with Gasteiger partial charge in [-0.2, -0.15) is 0 Å². The Hall–Kier alpha value is -2.73. The highest BCUT2D eigenvalue weighted by atomic mass is 35.5. The number of hydrogen-bond donors (Lipinski definition) is 0. The number of benzene rings is 2. The van der Waals surface area contributed by atoms with Crippen LogP contribution in [0.2, 0.25) is 5.02 Å². The van der Waals surface area contributed by atoms with Crippen LogP contribution in [0.3, 0.4) is 0 Å². The first-order valence-electron chi connectivity index (χ1n) is 8.55. The van der Waals surface area contributed by atoms with Gasteiger partial charge in [0.05, 0.1) is 19.9 Å². The number of ether oxygens (including phenoxy) is 2. The molecule has 0 N–H and O–H groups in total. The predicted molar refractivity (Wildman–Crippen MR) is 104 cm³/mol. The largest absolute Gasteiger partial charge is 0.497 e. The summed E-state index contributed by atoms with van der Waals surface area (Å²) in [5, 5.41) is 0.562. The molecule has 0 saturated carbocycles. The van der Waals surface area contributed by atoms with Crippen LogP contribution in [0.5, 0.6) is 11.5 Å². The summed E-state index contributed by atoms with van der Waals surface area (Å²) in [4.78, 5) is 29.0.